The van der Waals surface area contributed by atoms with Gasteiger partial charge in [-0.3, -0.25) is 19.9 Å². The Morgan fingerprint density at radius 2 is 0.650 bits per heavy atom. The number of nitrogens with zero attached hydrogens (tertiary/aromatic N) is 10. The Bertz CT molecular complexity index is 3820. The van der Waals surface area contributed by atoms with Crippen LogP contribution in [0.3, 0.4) is 0 Å². The molecule has 0 radical (unpaired) electrons. The van der Waals surface area contributed by atoms with Gasteiger partial charge >= 0.3 is 0 Å². The van der Waals surface area contributed by atoms with Gasteiger partial charge in [0.25, 0.3) is 0 Å². The van der Waals surface area contributed by atoms with Crippen LogP contribution in [0.4, 0.5) is 34.1 Å². The van der Waals surface area contributed by atoms with E-state index in [4.69, 9.17) is 29.9 Å². The van der Waals surface area contributed by atoms with Gasteiger partial charge in [-0.15, -0.1) is 0 Å². The third-order valence-electron chi connectivity index (χ3n) is 15.8. The predicted molar refractivity (Wildman–Crippen MR) is 320 cm³/mol. The van der Waals surface area contributed by atoms with E-state index in [1.807, 2.05) is 85.2 Å². The zero-order valence-electron chi connectivity index (χ0n) is 44.6. The van der Waals surface area contributed by atoms with Crippen molar-refractivity contribution in [2.45, 2.75) is 38.5 Å². The Labute approximate surface area is 465 Å². The molecular formula is C70H52N10. The van der Waals surface area contributed by atoms with Gasteiger partial charge in [0, 0.05) is 81.4 Å². The highest BCUT2D eigenvalue weighted by Crippen LogP contribution is 2.57. The third kappa shape index (κ3) is 8.19. The van der Waals surface area contributed by atoms with Crippen molar-refractivity contribution in [3.05, 3.63) is 266 Å². The molecule has 0 unspecified atom stereocenters. The van der Waals surface area contributed by atoms with E-state index >= 15 is 0 Å². The summed E-state index contributed by atoms with van der Waals surface area (Å²) in [6.45, 7) is 9.30. The lowest BCUT2D eigenvalue weighted by atomic mass is 9.73. The molecule has 382 valence electrons. The van der Waals surface area contributed by atoms with Gasteiger partial charge in [0.2, 0.25) is 0 Å². The summed E-state index contributed by atoms with van der Waals surface area (Å²) in [6, 6.07) is 72.3. The van der Waals surface area contributed by atoms with Crippen molar-refractivity contribution in [1.82, 2.24) is 39.9 Å². The van der Waals surface area contributed by atoms with Gasteiger partial charge in [-0.25, -0.2) is 19.9 Å². The Balaban J connectivity index is 1.07. The Kier molecular flexibility index (Phi) is 11.6. The summed E-state index contributed by atoms with van der Waals surface area (Å²) in [5.41, 5.74) is 20.3. The predicted octanol–water partition coefficient (Wildman–Crippen LogP) is 16.7. The maximum absolute atomic E-state index is 5.33. The highest BCUT2D eigenvalue weighted by Gasteiger charge is 2.40. The van der Waals surface area contributed by atoms with Crippen molar-refractivity contribution in [1.29, 1.82) is 0 Å². The van der Waals surface area contributed by atoms with Crippen molar-refractivity contribution in [3.8, 4) is 79.2 Å². The van der Waals surface area contributed by atoms with Crippen LogP contribution in [0, 0.1) is 0 Å². The third-order valence-corrected chi connectivity index (χ3v) is 15.8. The fourth-order valence-corrected chi connectivity index (χ4v) is 11.8. The van der Waals surface area contributed by atoms with Gasteiger partial charge in [0.15, 0.2) is 11.6 Å². The minimum atomic E-state index is -0.306. The van der Waals surface area contributed by atoms with Crippen LogP contribution in [0.15, 0.2) is 243 Å². The molecule has 0 spiro atoms. The van der Waals surface area contributed by atoms with Gasteiger partial charge in [-0.05, 0) is 119 Å². The van der Waals surface area contributed by atoms with Crippen LogP contribution in [-0.2, 0) is 10.8 Å². The van der Waals surface area contributed by atoms with Crippen molar-refractivity contribution in [3.63, 3.8) is 0 Å². The highest BCUT2D eigenvalue weighted by molar-refractivity contribution is 6.01. The maximum atomic E-state index is 5.33. The molecule has 0 saturated carbocycles. The number of para-hydroxylation sites is 4. The molecule has 8 heterocycles. The van der Waals surface area contributed by atoms with Gasteiger partial charge < -0.3 is 9.80 Å². The molecule has 2 aliphatic heterocycles. The summed E-state index contributed by atoms with van der Waals surface area (Å²) in [6.07, 6.45) is 10.8. The standard InChI is InChI=1S/C70H52N10/c1-69(2)51-21-5-9-27-61(51)79(62-28-10-6-22-52(62)69)65-39-45(67-75-57(47-19-17-35-71-43-47)41-59(77-67)55-25-13-15-37-73-55)31-33-49(65)50-34-32-46(68-76-58(48-20-18-36-72-44-48)42-60(78-68)56-26-14-16-38-74-56)40-66(50)80-63-29-11-7-23-53(63)70(3,4)54-24-8-12-30-64(54)80/h5-44H,1-4H3. The monoisotopic (exact) mass is 1030 g/mol. The molecule has 0 amide bonds. The van der Waals surface area contributed by atoms with E-state index in [2.05, 4.69) is 181 Å². The first-order valence-corrected chi connectivity index (χ1v) is 26.9. The summed E-state index contributed by atoms with van der Waals surface area (Å²) in [7, 11) is 0. The van der Waals surface area contributed by atoms with Crippen LogP contribution in [0.25, 0.3) is 79.2 Å². The van der Waals surface area contributed by atoms with Crippen LogP contribution < -0.4 is 9.80 Å². The lowest BCUT2D eigenvalue weighted by Gasteiger charge is -2.43. The summed E-state index contributed by atoms with van der Waals surface area (Å²) >= 11 is 0. The number of benzene rings is 6. The molecule has 0 bridgehead atoms. The second kappa shape index (κ2) is 19.3. The molecule has 0 aliphatic carbocycles. The van der Waals surface area contributed by atoms with Crippen molar-refractivity contribution in [2.75, 3.05) is 9.80 Å². The van der Waals surface area contributed by atoms with Crippen molar-refractivity contribution in [2.24, 2.45) is 0 Å². The molecule has 2 aliphatic rings. The quantitative estimate of drug-likeness (QED) is 0.139. The SMILES string of the molecule is CC1(C)c2ccccc2N(c2cc(-c3nc(-c4cccnc4)cc(-c4ccccn4)n3)ccc2-c2ccc(-c3nc(-c4cccnc4)cc(-c4ccccn4)n3)cc2N2c3ccccc3C(C)(C)c3ccccc32)c2ccccc21. The van der Waals surface area contributed by atoms with Gasteiger partial charge in [-0.1, -0.05) is 137 Å². The molecule has 0 N–H and O–H groups in total. The summed E-state index contributed by atoms with van der Waals surface area (Å²) in [5, 5.41) is 0. The molecular weight excluding hydrogens is 981 g/mol. The number of hydrogen-bond acceptors (Lipinski definition) is 10. The minimum absolute atomic E-state index is 0.306. The number of anilines is 6. The highest BCUT2D eigenvalue weighted by atomic mass is 15.2. The normalized spacial score (nSPS) is 13.7. The van der Waals surface area contributed by atoms with Gasteiger partial charge in [0.1, 0.15) is 0 Å². The second-order valence-corrected chi connectivity index (χ2v) is 21.3. The van der Waals surface area contributed by atoms with Crippen LogP contribution in [-0.4, -0.2) is 39.9 Å². The molecule has 6 aromatic carbocycles. The first-order chi connectivity index (χ1) is 39.2. The fourth-order valence-electron chi connectivity index (χ4n) is 11.8. The van der Waals surface area contributed by atoms with E-state index in [0.717, 1.165) is 90.3 Å². The average Bonchev–Trinajstić information content (AvgIpc) is 3.10. The molecule has 12 aromatic rings. The maximum Gasteiger partial charge on any atom is 0.160 e. The number of fused-ring (bicyclic) bond motifs is 4. The first-order valence-electron chi connectivity index (χ1n) is 26.9. The number of aromatic nitrogens is 8. The Hall–Kier alpha value is -10.3. The summed E-state index contributed by atoms with van der Waals surface area (Å²) in [4.78, 5) is 44.7. The second-order valence-electron chi connectivity index (χ2n) is 21.3. The topological polar surface area (TPSA) is 110 Å². The van der Waals surface area contributed by atoms with Crippen LogP contribution in [0.1, 0.15) is 49.9 Å². The molecule has 0 atom stereocenters. The smallest absolute Gasteiger partial charge is 0.160 e. The average molecular weight is 1030 g/mol. The zero-order chi connectivity index (χ0) is 54.0. The molecule has 10 nitrogen and oxygen atoms in total. The van der Waals surface area contributed by atoms with E-state index in [9.17, 15) is 0 Å². The number of hydrogen-bond donors (Lipinski definition) is 0. The lowest BCUT2D eigenvalue weighted by molar-refractivity contribution is 0.631. The largest absolute Gasteiger partial charge is 0.309 e. The van der Waals surface area contributed by atoms with Gasteiger partial charge in [0.05, 0.1) is 68.3 Å². The van der Waals surface area contributed by atoms with E-state index in [-0.39, 0.29) is 10.8 Å². The van der Waals surface area contributed by atoms with E-state index < -0.39 is 0 Å². The number of rotatable bonds is 9. The van der Waals surface area contributed by atoms with Crippen LogP contribution >= 0.6 is 0 Å². The van der Waals surface area contributed by atoms with E-state index in [1.165, 1.54) is 22.3 Å². The van der Waals surface area contributed by atoms with Crippen molar-refractivity contribution >= 4 is 34.1 Å². The Morgan fingerprint density at radius 1 is 0.287 bits per heavy atom. The molecule has 14 rings (SSSR count). The molecule has 80 heavy (non-hydrogen) atoms. The molecule has 0 saturated heterocycles. The first kappa shape index (κ1) is 48.1. The van der Waals surface area contributed by atoms with Crippen molar-refractivity contribution < 1.29 is 0 Å². The zero-order valence-corrected chi connectivity index (χ0v) is 44.6. The van der Waals surface area contributed by atoms with Crippen LogP contribution in [0.2, 0.25) is 0 Å². The Morgan fingerprint density at radius 3 is 1.00 bits per heavy atom. The molecule has 6 aromatic heterocycles. The molecule has 0 fully saturated rings. The fraction of sp³-hybridized carbons (Fsp3) is 0.0857. The summed E-state index contributed by atoms with van der Waals surface area (Å²) < 4.78 is 0. The van der Waals surface area contributed by atoms with Gasteiger partial charge in [-0.2, -0.15) is 0 Å². The van der Waals surface area contributed by atoms with Crippen LogP contribution in [0.5, 0.6) is 0 Å². The van der Waals surface area contributed by atoms with E-state index in [0.29, 0.717) is 23.0 Å². The number of pyridine rings is 4. The van der Waals surface area contributed by atoms with E-state index in [1.54, 1.807) is 24.8 Å². The molecule has 10 heteroatoms. The minimum Gasteiger partial charge on any atom is -0.309 e. The summed E-state index contributed by atoms with van der Waals surface area (Å²) in [5.74, 6) is 1.12. The lowest BCUT2D eigenvalue weighted by Crippen LogP contribution is -2.31.